The average molecular weight is 329 g/mol. The Hall–Kier alpha value is -3.02. The van der Waals surface area contributed by atoms with Crippen LogP contribution in [0.2, 0.25) is 0 Å². The Labute approximate surface area is 140 Å². The van der Waals surface area contributed by atoms with Crippen molar-refractivity contribution in [2.24, 2.45) is 0 Å². The lowest BCUT2D eigenvalue weighted by molar-refractivity contribution is 0.0698. The van der Waals surface area contributed by atoms with Gasteiger partial charge in [0.1, 0.15) is 0 Å². The molecule has 2 N–H and O–H groups in total. The van der Waals surface area contributed by atoms with E-state index in [1.54, 1.807) is 36.4 Å². The average Bonchev–Trinajstić information content (AvgIpc) is 2.57. The first kappa shape index (κ1) is 17.3. The molecule has 0 aromatic heterocycles. The molecule has 0 atom stereocenters. The molecule has 2 aromatic rings. The first-order chi connectivity index (χ1) is 11.6. The summed E-state index contributed by atoms with van der Waals surface area (Å²) >= 11 is 0. The number of nitrogens with one attached hydrogen (secondary N) is 1. The lowest BCUT2D eigenvalue weighted by Crippen LogP contribution is -2.15. The maximum atomic E-state index is 12.4. The molecule has 0 saturated heterocycles. The number of para-hydroxylation sites is 1. The second-order valence-corrected chi connectivity index (χ2v) is 4.83. The Kier molecular flexibility index (Phi) is 5.78. The van der Waals surface area contributed by atoms with Gasteiger partial charge in [-0.2, -0.15) is 0 Å². The summed E-state index contributed by atoms with van der Waals surface area (Å²) in [5.41, 5.74) is 0.616. The molecule has 6 heteroatoms. The highest BCUT2D eigenvalue weighted by molar-refractivity contribution is 6.08. The molecule has 0 fully saturated rings. The molecule has 0 aliphatic heterocycles. The standard InChI is InChI=1S/C18H19NO5/c1-3-23-15-10-9-12(11-16(15)24-4-2)17(20)19-14-8-6-5-7-13(14)18(21)22/h5-11H,3-4H2,1-2H3,(H,19,20)(H,21,22). The number of carboxylic acid groups (broad SMARTS) is 1. The van der Waals surface area contributed by atoms with Crippen molar-refractivity contribution in [2.75, 3.05) is 18.5 Å². The van der Waals surface area contributed by atoms with Crippen molar-refractivity contribution in [1.82, 2.24) is 0 Å². The zero-order chi connectivity index (χ0) is 17.5. The first-order valence-electron chi connectivity index (χ1n) is 7.60. The van der Waals surface area contributed by atoms with Gasteiger partial charge in [-0.15, -0.1) is 0 Å². The number of carboxylic acids is 1. The summed E-state index contributed by atoms with van der Waals surface area (Å²) in [6.07, 6.45) is 0. The molecule has 0 radical (unpaired) electrons. The molecule has 0 spiro atoms. The molecule has 0 bridgehead atoms. The number of aromatic carboxylic acids is 1. The molecule has 0 heterocycles. The third-order valence-electron chi connectivity index (χ3n) is 3.21. The minimum atomic E-state index is -1.10. The van der Waals surface area contributed by atoms with Gasteiger partial charge < -0.3 is 19.9 Å². The number of benzene rings is 2. The van der Waals surface area contributed by atoms with E-state index in [1.165, 1.54) is 6.07 Å². The van der Waals surface area contributed by atoms with Crippen LogP contribution in [0.5, 0.6) is 11.5 Å². The fraction of sp³-hybridized carbons (Fsp3) is 0.222. The predicted octanol–water partition coefficient (Wildman–Crippen LogP) is 3.43. The van der Waals surface area contributed by atoms with Crippen molar-refractivity contribution in [3.63, 3.8) is 0 Å². The highest BCUT2D eigenvalue weighted by atomic mass is 16.5. The summed E-state index contributed by atoms with van der Waals surface area (Å²) in [5, 5.41) is 11.8. The van der Waals surface area contributed by atoms with E-state index < -0.39 is 11.9 Å². The van der Waals surface area contributed by atoms with Crippen molar-refractivity contribution < 1.29 is 24.2 Å². The molecule has 126 valence electrons. The quantitative estimate of drug-likeness (QED) is 0.813. The highest BCUT2D eigenvalue weighted by Crippen LogP contribution is 2.29. The fourth-order valence-corrected chi connectivity index (χ4v) is 2.17. The van der Waals surface area contributed by atoms with E-state index in [4.69, 9.17) is 9.47 Å². The molecular weight excluding hydrogens is 310 g/mol. The number of ether oxygens (including phenoxy) is 2. The number of hydrogen-bond donors (Lipinski definition) is 2. The van der Waals surface area contributed by atoms with Gasteiger partial charge in [0.25, 0.3) is 5.91 Å². The molecular formula is C18H19NO5. The lowest BCUT2D eigenvalue weighted by atomic mass is 10.1. The molecule has 6 nitrogen and oxygen atoms in total. The van der Waals surface area contributed by atoms with Gasteiger partial charge in [0, 0.05) is 5.56 Å². The van der Waals surface area contributed by atoms with Crippen LogP contribution < -0.4 is 14.8 Å². The van der Waals surface area contributed by atoms with E-state index in [0.29, 0.717) is 30.3 Å². The molecule has 1 amide bonds. The number of amides is 1. The van der Waals surface area contributed by atoms with Crippen molar-refractivity contribution in [3.05, 3.63) is 53.6 Å². The van der Waals surface area contributed by atoms with Crippen LogP contribution in [0.4, 0.5) is 5.69 Å². The SMILES string of the molecule is CCOc1ccc(C(=O)Nc2ccccc2C(=O)O)cc1OCC. The van der Waals surface area contributed by atoms with Gasteiger partial charge >= 0.3 is 5.97 Å². The molecule has 2 aromatic carbocycles. The van der Waals surface area contributed by atoms with Crippen LogP contribution >= 0.6 is 0 Å². The maximum absolute atomic E-state index is 12.4. The molecule has 2 rings (SSSR count). The van der Waals surface area contributed by atoms with Crippen molar-refractivity contribution in [3.8, 4) is 11.5 Å². The summed E-state index contributed by atoms with van der Waals surface area (Å²) in [7, 11) is 0. The van der Waals surface area contributed by atoms with Crippen LogP contribution in [-0.4, -0.2) is 30.2 Å². The van der Waals surface area contributed by atoms with Crippen molar-refractivity contribution >= 4 is 17.6 Å². The Morgan fingerprint density at radius 3 is 2.33 bits per heavy atom. The number of carbonyl (C=O) groups excluding carboxylic acids is 1. The van der Waals surface area contributed by atoms with Crippen LogP contribution in [0, 0.1) is 0 Å². The number of hydrogen-bond acceptors (Lipinski definition) is 4. The third kappa shape index (κ3) is 4.04. The van der Waals surface area contributed by atoms with Crippen LogP contribution in [-0.2, 0) is 0 Å². The molecule has 0 aliphatic rings. The van der Waals surface area contributed by atoms with E-state index in [-0.39, 0.29) is 11.3 Å². The van der Waals surface area contributed by atoms with Gasteiger partial charge in [0.15, 0.2) is 11.5 Å². The summed E-state index contributed by atoms with van der Waals surface area (Å²) in [5.74, 6) is -0.499. The maximum Gasteiger partial charge on any atom is 0.337 e. The molecule has 0 unspecified atom stereocenters. The van der Waals surface area contributed by atoms with E-state index in [0.717, 1.165) is 0 Å². The number of carbonyl (C=O) groups is 2. The third-order valence-corrected chi connectivity index (χ3v) is 3.21. The Morgan fingerprint density at radius 2 is 1.67 bits per heavy atom. The van der Waals surface area contributed by atoms with Gasteiger partial charge in [0.2, 0.25) is 0 Å². The summed E-state index contributed by atoms with van der Waals surface area (Å²) in [4.78, 5) is 23.6. The first-order valence-corrected chi connectivity index (χ1v) is 7.60. The minimum Gasteiger partial charge on any atom is -0.490 e. The topological polar surface area (TPSA) is 84.9 Å². The Morgan fingerprint density at radius 1 is 1.00 bits per heavy atom. The van der Waals surface area contributed by atoms with E-state index in [1.807, 2.05) is 13.8 Å². The number of rotatable bonds is 7. The molecule has 0 aliphatic carbocycles. The molecule has 0 saturated carbocycles. The second-order valence-electron chi connectivity index (χ2n) is 4.83. The summed E-state index contributed by atoms with van der Waals surface area (Å²) < 4.78 is 11.0. The minimum absolute atomic E-state index is 0.0295. The van der Waals surface area contributed by atoms with Gasteiger partial charge in [0.05, 0.1) is 24.5 Å². The smallest absolute Gasteiger partial charge is 0.337 e. The Balaban J connectivity index is 2.27. The van der Waals surface area contributed by atoms with Gasteiger partial charge in [-0.1, -0.05) is 12.1 Å². The second kappa shape index (κ2) is 8.01. The van der Waals surface area contributed by atoms with Crippen LogP contribution in [0.15, 0.2) is 42.5 Å². The van der Waals surface area contributed by atoms with Gasteiger partial charge in [-0.25, -0.2) is 4.79 Å². The van der Waals surface area contributed by atoms with Crippen LogP contribution in [0.25, 0.3) is 0 Å². The van der Waals surface area contributed by atoms with Crippen molar-refractivity contribution in [1.29, 1.82) is 0 Å². The Bertz CT molecular complexity index is 742. The van der Waals surface area contributed by atoms with Crippen LogP contribution in [0.1, 0.15) is 34.6 Å². The molecule has 24 heavy (non-hydrogen) atoms. The predicted molar refractivity (Wildman–Crippen MR) is 90.1 cm³/mol. The number of anilines is 1. The van der Waals surface area contributed by atoms with E-state index >= 15 is 0 Å². The zero-order valence-corrected chi connectivity index (χ0v) is 13.5. The van der Waals surface area contributed by atoms with Crippen molar-refractivity contribution in [2.45, 2.75) is 13.8 Å². The lowest BCUT2D eigenvalue weighted by Gasteiger charge is -2.13. The van der Waals surface area contributed by atoms with Gasteiger partial charge in [-0.05, 0) is 44.2 Å². The summed E-state index contributed by atoms with van der Waals surface area (Å²) in [6, 6.07) is 11.1. The van der Waals surface area contributed by atoms with E-state index in [2.05, 4.69) is 5.32 Å². The largest absolute Gasteiger partial charge is 0.490 e. The monoisotopic (exact) mass is 329 g/mol. The van der Waals surface area contributed by atoms with Crippen LogP contribution in [0.3, 0.4) is 0 Å². The normalized spacial score (nSPS) is 10.1. The summed E-state index contributed by atoms with van der Waals surface area (Å²) in [6.45, 7) is 4.62. The van der Waals surface area contributed by atoms with E-state index in [9.17, 15) is 14.7 Å². The fourth-order valence-electron chi connectivity index (χ4n) is 2.17. The van der Waals surface area contributed by atoms with Gasteiger partial charge in [-0.3, -0.25) is 4.79 Å². The zero-order valence-electron chi connectivity index (χ0n) is 13.5. The highest BCUT2D eigenvalue weighted by Gasteiger charge is 2.15.